The highest BCUT2D eigenvalue weighted by Crippen LogP contribution is 2.22. The van der Waals surface area contributed by atoms with E-state index in [2.05, 4.69) is 13.0 Å². The number of ether oxygens (including phenoxy) is 3. The molecule has 0 N–H and O–H groups in total. The van der Waals surface area contributed by atoms with Crippen LogP contribution in [0.2, 0.25) is 0 Å². The zero-order valence-electron chi connectivity index (χ0n) is 6.53. The molecular formula is C8H12O3. The van der Waals surface area contributed by atoms with E-state index >= 15 is 0 Å². The Balaban J connectivity index is 2.08. The van der Waals surface area contributed by atoms with Crippen LogP contribution in [-0.2, 0) is 14.2 Å². The van der Waals surface area contributed by atoms with Gasteiger partial charge in [0.1, 0.15) is 0 Å². The fourth-order valence-electron chi connectivity index (χ4n) is 1.30. The van der Waals surface area contributed by atoms with E-state index in [0.717, 1.165) is 6.42 Å². The van der Waals surface area contributed by atoms with Gasteiger partial charge in [-0.25, -0.2) is 0 Å². The summed E-state index contributed by atoms with van der Waals surface area (Å²) in [5.74, 6) is 0.520. The van der Waals surface area contributed by atoms with Crippen LogP contribution >= 0.6 is 0 Å². The molecule has 0 radical (unpaired) electrons. The Bertz CT molecular complexity index is 165. The molecule has 0 spiro atoms. The minimum atomic E-state index is -0.182. The number of hydrogen-bond acceptors (Lipinski definition) is 3. The topological polar surface area (TPSA) is 27.7 Å². The summed E-state index contributed by atoms with van der Waals surface area (Å²) in [6.07, 6.45) is 4.74. The Morgan fingerprint density at radius 3 is 3.09 bits per heavy atom. The molecule has 3 unspecified atom stereocenters. The molecule has 0 saturated carbocycles. The van der Waals surface area contributed by atoms with Crippen molar-refractivity contribution in [2.75, 3.05) is 6.79 Å². The minimum absolute atomic E-state index is 0.0706. The molecule has 0 aromatic heterocycles. The van der Waals surface area contributed by atoms with E-state index in [0.29, 0.717) is 12.7 Å². The monoisotopic (exact) mass is 156 g/mol. The highest BCUT2D eigenvalue weighted by molar-refractivity contribution is 4.92. The normalized spacial score (nSPS) is 43.5. The zero-order valence-corrected chi connectivity index (χ0v) is 6.53. The summed E-state index contributed by atoms with van der Waals surface area (Å²) in [4.78, 5) is 0. The summed E-state index contributed by atoms with van der Waals surface area (Å²) in [5.41, 5.74) is 0. The molecule has 0 aromatic carbocycles. The van der Waals surface area contributed by atoms with Crippen molar-refractivity contribution in [1.82, 2.24) is 0 Å². The van der Waals surface area contributed by atoms with E-state index < -0.39 is 0 Å². The molecule has 2 heterocycles. The number of rotatable bonds is 0. The van der Waals surface area contributed by atoms with Gasteiger partial charge in [-0.2, -0.15) is 0 Å². The van der Waals surface area contributed by atoms with Crippen LogP contribution in [0.3, 0.4) is 0 Å². The van der Waals surface area contributed by atoms with Crippen LogP contribution < -0.4 is 0 Å². The summed E-state index contributed by atoms with van der Waals surface area (Å²) < 4.78 is 15.7. The summed E-state index contributed by atoms with van der Waals surface area (Å²) in [5, 5.41) is 0. The van der Waals surface area contributed by atoms with Crippen molar-refractivity contribution in [3.63, 3.8) is 0 Å². The molecule has 0 aromatic rings. The van der Waals surface area contributed by atoms with Crippen molar-refractivity contribution < 1.29 is 14.2 Å². The smallest absolute Gasteiger partial charge is 0.182 e. The average Bonchev–Trinajstić information content (AvgIpc) is 2.12. The number of fused-ring (bicyclic) bond motifs is 2. The van der Waals surface area contributed by atoms with Crippen LogP contribution in [0, 0.1) is 5.92 Å². The molecule has 11 heavy (non-hydrogen) atoms. The molecule has 2 bridgehead atoms. The summed E-state index contributed by atoms with van der Waals surface area (Å²) in [7, 11) is 0. The van der Waals surface area contributed by atoms with Gasteiger partial charge >= 0.3 is 0 Å². The third-order valence-electron chi connectivity index (χ3n) is 1.93. The first-order valence-corrected chi connectivity index (χ1v) is 3.91. The van der Waals surface area contributed by atoms with E-state index in [9.17, 15) is 0 Å². The van der Waals surface area contributed by atoms with E-state index in [1.54, 1.807) is 0 Å². The first kappa shape index (κ1) is 7.28. The molecule has 1 fully saturated rings. The molecule has 0 aliphatic carbocycles. The van der Waals surface area contributed by atoms with E-state index in [1.165, 1.54) is 0 Å². The van der Waals surface area contributed by atoms with Crippen molar-refractivity contribution >= 4 is 0 Å². The van der Waals surface area contributed by atoms with Crippen molar-refractivity contribution in [3.8, 4) is 0 Å². The van der Waals surface area contributed by atoms with Crippen LogP contribution in [-0.4, -0.2) is 19.4 Å². The Labute approximate surface area is 65.9 Å². The molecule has 0 amide bonds. The zero-order chi connectivity index (χ0) is 7.68. The quantitative estimate of drug-likeness (QED) is 0.494. The van der Waals surface area contributed by atoms with Crippen LogP contribution in [0.1, 0.15) is 13.3 Å². The molecule has 2 rings (SSSR count). The fraction of sp³-hybridized carbons (Fsp3) is 0.750. The first-order valence-electron chi connectivity index (χ1n) is 3.91. The maximum Gasteiger partial charge on any atom is 0.182 e. The Morgan fingerprint density at radius 2 is 2.18 bits per heavy atom. The second-order valence-electron chi connectivity index (χ2n) is 2.98. The lowest BCUT2D eigenvalue weighted by molar-refractivity contribution is -0.328. The predicted octanol–water partition coefficient (Wildman–Crippen LogP) is 1.26. The van der Waals surface area contributed by atoms with Gasteiger partial charge in [0.05, 0.1) is 0 Å². The second kappa shape index (κ2) is 2.93. The van der Waals surface area contributed by atoms with E-state index in [1.807, 2.05) is 6.08 Å². The summed E-state index contributed by atoms with van der Waals surface area (Å²) >= 11 is 0. The highest BCUT2D eigenvalue weighted by atomic mass is 16.9. The van der Waals surface area contributed by atoms with E-state index in [-0.39, 0.29) is 12.6 Å². The van der Waals surface area contributed by atoms with Crippen LogP contribution in [0.4, 0.5) is 0 Å². The molecular weight excluding hydrogens is 144 g/mol. The van der Waals surface area contributed by atoms with Crippen LogP contribution in [0.25, 0.3) is 0 Å². The van der Waals surface area contributed by atoms with Crippen LogP contribution in [0.5, 0.6) is 0 Å². The van der Waals surface area contributed by atoms with Gasteiger partial charge in [-0.1, -0.05) is 13.0 Å². The van der Waals surface area contributed by atoms with Gasteiger partial charge in [0.15, 0.2) is 19.4 Å². The van der Waals surface area contributed by atoms with Crippen molar-refractivity contribution in [1.29, 1.82) is 0 Å². The van der Waals surface area contributed by atoms with Crippen molar-refractivity contribution in [2.24, 2.45) is 5.92 Å². The maximum atomic E-state index is 5.39. The standard InChI is InChI=1S/C8H12O3/c1-6-2-3-7-9-5-10-8(4-6)11-7/h2-3,6-8H,4-5H2,1H3. The molecule has 3 atom stereocenters. The molecule has 3 nitrogen and oxygen atoms in total. The Kier molecular flexibility index (Phi) is 1.94. The maximum absolute atomic E-state index is 5.39. The van der Waals surface area contributed by atoms with Gasteiger partial charge < -0.3 is 14.2 Å². The SMILES string of the molecule is CC1C=CC2OCOC(C1)O2. The van der Waals surface area contributed by atoms with Gasteiger partial charge in [-0.05, 0) is 12.0 Å². The lowest BCUT2D eigenvalue weighted by Crippen LogP contribution is -2.32. The second-order valence-corrected chi connectivity index (χ2v) is 2.98. The van der Waals surface area contributed by atoms with Crippen molar-refractivity contribution in [2.45, 2.75) is 25.9 Å². The van der Waals surface area contributed by atoms with Gasteiger partial charge in [-0.3, -0.25) is 0 Å². The molecule has 1 saturated heterocycles. The van der Waals surface area contributed by atoms with Crippen LogP contribution in [0.15, 0.2) is 12.2 Å². The molecule has 2 aliphatic rings. The third-order valence-corrected chi connectivity index (χ3v) is 1.93. The first-order chi connectivity index (χ1) is 5.34. The third kappa shape index (κ3) is 1.61. The Morgan fingerprint density at radius 1 is 1.27 bits per heavy atom. The summed E-state index contributed by atoms with van der Waals surface area (Å²) in [6, 6.07) is 0. The van der Waals surface area contributed by atoms with Gasteiger partial charge in [0, 0.05) is 6.42 Å². The van der Waals surface area contributed by atoms with Gasteiger partial charge in [0.25, 0.3) is 0 Å². The van der Waals surface area contributed by atoms with Gasteiger partial charge in [-0.15, -0.1) is 0 Å². The molecule has 62 valence electrons. The molecule has 2 aliphatic heterocycles. The number of allylic oxidation sites excluding steroid dienone is 1. The minimum Gasteiger partial charge on any atom is -0.326 e. The largest absolute Gasteiger partial charge is 0.326 e. The number of hydrogen-bond donors (Lipinski definition) is 0. The predicted molar refractivity (Wildman–Crippen MR) is 38.6 cm³/mol. The fourth-order valence-corrected chi connectivity index (χ4v) is 1.30. The summed E-state index contributed by atoms with van der Waals surface area (Å²) in [6.45, 7) is 2.50. The van der Waals surface area contributed by atoms with Gasteiger partial charge in [0.2, 0.25) is 0 Å². The highest BCUT2D eigenvalue weighted by Gasteiger charge is 2.25. The van der Waals surface area contributed by atoms with E-state index in [4.69, 9.17) is 14.2 Å². The average molecular weight is 156 g/mol. The lowest BCUT2D eigenvalue weighted by Gasteiger charge is -2.27. The molecule has 3 heteroatoms. The lowest BCUT2D eigenvalue weighted by atomic mass is 10.1. The van der Waals surface area contributed by atoms with Crippen molar-refractivity contribution in [3.05, 3.63) is 12.2 Å². The Hall–Kier alpha value is -0.380.